The maximum Gasteiger partial charge on any atom is 0.145 e. The van der Waals surface area contributed by atoms with E-state index in [1.165, 1.54) is 55.6 Å². The lowest BCUT2D eigenvalue weighted by Crippen LogP contribution is -2.40. The minimum Gasteiger partial charge on any atom is -0.292 e. The highest BCUT2D eigenvalue weighted by atomic mass is 15.1. The lowest BCUT2D eigenvalue weighted by Gasteiger charge is -2.46. The number of rotatable bonds is 3. The van der Waals surface area contributed by atoms with Gasteiger partial charge in [0.15, 0.2) is 0 Å². The number of hydrogen-bond donors (Lipinski definition) is 0. The van der Waals surface area contributed by atoms with Crippen LogP contribution in [0.25, 0.3) is 50.4 Å². The van der Waals surface area contributed by atoms with Crippen molar-refractivity contribution in [2.75, 3.05) is 0 Å². The van der Waals surface area contributed by atoms with E-state index in [1.807, 2.05) is 0 Å². The van der Waals surface area contributed by atoms with Gasteiger partial charge in [-0.05, 0) is 79.9 Å². The Morgan fingerprint density at radius 3 is 1.69 bits per heavy atom. The van der Waals surface area contributed by atoms with Crippen molar-refractivity contribution >= 4 is 11.0 Å². The average molecular weight is 627 g/mol. The maximum atomic E-state index is 5.07. The monoisotopic (exact) mass is 626 g/mol. The van der Waals surface area contributed by atoms with Gasteiger partial charge in [0.1, 0.15) is 5.82 Å². The zero-order valence-electron chi connectivity index (χ0n) is 27.6. The van der Waals surface area contributed by atoms with Gasteiger partial charge in [0, 0.05) is 16.7 Å². The zero-order valence-corrected chi connectivity index (χ0v) is 27.6. The van der Waals surface area contributed by atoms with Crippen molar-refractivity contribution in [3.05, 3.63) is 203 Å². The van der Waals surface area contributed by atoms with Gasteiger partial charge in [0.25, 0.3) is 0 Å². The smallest absolute Gasteiger partial charge is 0.145 e. The van der Waals surface area contributed by atoms with Crippen LogP contribution in [0, 0.1) is 0 Å². The van der Waals surface area contributed by atoms with Gasteiger partial charge in [0.2, 0.25) is 0 Å². The van der Waals surface area contributed by atoms with Gasteiger partial charge < -0.3 is 0 Å². The Labute approximate surface area is 287 Å². The van der Waals surface area contributed by atoms with Crippen LogP contribution in [-0.2, 0) is 10.8 Å². The summed E-state index contributed by atoms with van der Waals surface area (Å²) < 4.78 is 2.28. The summed E-state index contributed by atoms with van der Waals surface area (Å²) in [6.45, 7) is 4.76. The molecule has 2 nitrogen and oxygen atoms in total. The van der Waals surface area contributed by atoms with E-state index in [0.29, 0.717) is 0 Å². The van der Waals surface area contributed by atoms with E-state index in [9.17, 15) is 0 Å². The van der Waals surface area contributed by atoms with Gasteiger partial charge in [-0.25, -0.2) is 4.98 Å². The first-order valence-corrected chi connectivity index (χ1v) is 17.2. The summed E-state index contributed by atoms with van der Waals surface area (Å²) >= 11 is 0. The molecular formula is C47H34N2. The molecule has 1 aromatic heterocycles. The molecule has 2 aliphatic rings. The fourth-order valence-corrected chi connectivity index (χ4v) is 9.01. The molecule has 0 aliphatic heterocycles. The number of hydrogen-bond acceptors (Lipinski definition) is 1. The van der Waals surface area contributed by atoms with Crippen LogP contribution in [-0.4, -0.2) is 9.55 Å². The Balaban J connectivity index is 1.20. The molecule has 49 heavy (non-hydrogen) atoms. The van der Waals surface area contributed by atoms with E-state index in [4.69, 9.17) is 4.98 Å². The zero-order chi connectivity index (χ0) is 32.7. The molecule has 1 heterocycles. The SMILES string of the molecule is CC1(C)c2ccccc2C2(c3ccccc3-c3c(-c4ccc(-n5c(-c6ccccc6)nc6ccccc65)cc4)cccc32)c2ccccc21. The molecule has 0 bridgehead atoms. The molecule has 8 aromatic rings. The predicted octanol–water partition coefficient (Wildman–Crippen LogP) is 11.4. The van der Waals surface area contributed by atoms with Crippen LogP contribution in [0.3, 0.4) is 0 Å². The minimum absolute atomic E-state index is 0.111. The molecule has 0 N–H and O–H groups in total. The van der Waals surface area contributed by atoms with Crippen molar-refractivity contribution in [3.63, 3.8) is 0 Å². The largest absolute Gasteiger partial charge is 0.292 e. The molecular weight excluding hydrogens is 593 g/mol. The number of fused-ring (bicyclic) bond motifs is 10. The van der Waals surface area contributed by atoms with Crippen molar-refractivity contribution in [1.29, 1.82) is 0 Å². The molecule has 7 aromatic carbocycles. The van der Waals surface area contributed by atoms with E-state index in [1.54, 1.807) is 0 Å². The van der Waals surface area contributed by atoms with E-state index < -0.39 is 5.41 Å². The van der Waals surface area contributed by atoms with Gasteiger partial charge in [-0.3, -0.25) is 4.57 Å². The summed E-state index contributed by atoms with van der Waals surface area (Å²) in [5, 5.41) is 0. The van der Waals surface area contributed by atoms with E-state index in [0.717, 1.165) is 28.1 Å². The highest BCUT2D eigenvalue weighted by Crippen LogP contribution is 2.63. The van der Waals surface area contributed by atoms with Crippen LogP contribution in [0.5, 0.6) is 0 Å². The van der Waals surface area contributed by atoms with Crippen molar-refractivity contribution in [1.82, 2.24) is 9.55 Å². The summed E-state index contributed by atoms with van der Waals surface area (Å²) in [6, 6.07) is 62.3. The van der Waals surface area contributed by atoms with E-state index >= 15 is 0 Å². The van der Waals surface area contributed by atoms with Gasteiger partial charge in [-0.15, -0.1) is 0 Å². The molecule has 0 amide bonds. The van der Waals surface area contributed by atoms with Crippen molar-refractivity contribution in [2.45, 2.75) is 24.7 Å². The fourth-order valence-electron chi connectivity index (χ4n) is 9.01. The minimum atomic E-state index is -0.398. The Bertz CT molecular complexity index is 2520. The molecule has 2 heteroatoms. The molecule has 0 radical (unpaired) electrons. The molecule has 0 saturated heterocycles. The number of nitrogens with zero attached hydrogens (tertiary/aromatic N) is 2. The molecule has 0 fully saturated rings. The number of aromatic nitrogens is 2. The number of benzene rings is 7. The van der Waals surface area contributed by atoms with E-state index in [2.05, 4.69) is 188 Å². The van der Waals surface area contributed by atoms with Gasteiger partial charge in [0.05, 0.1) is 16.4 Å². The maximum absolute atomic E-state index is 5.07. The molecule has 1 spiro atoms. The molecule has 10 rings (SSSR count). The van der Waals surface area contributed by atoms with Crippen LogP contribution < -0.4 is 0 Å². The molecule has 0 saturated carbocycles. The summed E-state index contributed by atoms with van der Waals surface area (Å²) in [4.78, 5) is 5.07. The lowest BCUT2D eigenvalue weighted by atomic mass is 9.55. The summed E-state index contributed by atoms with van der Waals surface area (Å²) in [5.41, 5.74) is 17.2. The number of imidazole rings is 1. The summed E-state index contributed by atoms with van der Waals surface area (Å²) in [7, 11) is 0. The highest BCUT2D eigenvalue weighted by molar-refractivity contribution is 5.96. The van der Waals surface area contributed by atoms with Gasteiger partial charge >= 0.3 is 0 Å². The molecule has 232 valence electrons. The highest BCUT2D eigenvalue weighted by Gasteiger charge is 2.53. The van der Waals surface area contributed by atoms with E-state index in [-0.39, 0.29) is 5.41 Å². The molecule has 0 atom stereocenters. The second-order valence-electron chi connectivity index (χ2n) is 13.9. The van der Waals surface area contributed by atoms with Crippen LogP contribution in [0.4, 0.5) is 0 Å². The molecule has 2 aliphatic carbocycles. The van der Waals surface area contributed by atoms with Crippen LogP contribution in [0.1, 0.15) is 47.2 Å². The first kappa shape index (κ1) is 28.1. The second-order valence-corrected chi connectivity index (χ2v) is 13.9. The number of para-hydroxylation sites is 2. The Hall–Kier alpha value is -5.99. The predicted molar refractivity (Wildman–Crippen MR) is 201 cm³/mol. The molecule has 0 unspecified atom stereocenters. The third-order valence-electron chi connectivity index (χ3n) is 11.1. The average Bonchev–Trinajstić information content (AvgIpc) is 3.70. The standard InChI is InChI=1S/C47H34N2/c1-46(2)37-20-8-10-22-39(37)47(40-23-11-9-21-38(40)46)36-19-7-6-17-35(36)44-34(18-14-24-41(44)47)31-27-29-33(30-28-31)49-43-26-13-12-25-42(43)48-45(49)32-15-4-3-5-16-32/h3-30H,1-2H3. The van der Waals surface area contributed by atoms with Crippen molar-refractivity contribution in [2.24, 2.45) is 0 Å². The normalized spacial score (nSPS) is 14.7. The Morgan fingerprint density at radius 2 is 0.980 bits per heavy atom. The quantitative estimate of drug-likeness (QED) is 0.191. The van der Waals surface area contributed by atoms with Gasteiger partial charge in [-0.1, -0.05) is 159 Å². The van der Waals surface area contributed by atoms with Crippen LogP contribution >= 0.6 is 0 Å². The topological polar surface area (TPSA) is 17.8 Å². The third-order valence-corrected chi connectivity index (χ3v) is 11.1. The fraction of sp³-hybridized carbons (Fsp3) is 0.0851. The van der Waals surface area contributed by atoms with Gasteiger partial charge in [-0.2, -0.15) is 0 Å². The first-order valence-electron chi connectivity index (χ1n) is 17.2. The van der Waals surface area contributed by atoms with Crippen molar-refractivity contribution < 1.29 is 0 Å². The van der Waals surface area contributed by atoms with Crippen molar-refractivity contribution in [3.8, 4) is 39.3 Å². The van der Waals surface area contributed by atoms with Crippen LogP contribution in [0.15, 0.2) is 170 Å². The first-order chi connectivity index (χ1) is 24.1. The Morgan fingerprint density at radius 1 is 0.429 bits per heavy atom. The van der Waals surface area contributed by atoms with Crippen LogP contribution in [0.2, 0.25) is 0 Å². The summed E-state index contributed by atoms with van der Waals surface area (Å²) in [5.74, 6) is 0.948. The summed E-state index contributed by atoms with van der Waals surface area (Å²) in [6.07, 6.45) is 0. The second kappa shape index (κ2) is 10.3. The Kier molecular flexibility index (Phi) is 5.87. The lowest BCUT2D eigenvalue weighted by molar-refractivity contribution is 0.563. The third kappa shape index (κ3) is 3.74.